The van der Waals surface area contributed by atoms with Crippen LogP contribution in [0.4, 0.5) is 0 Å². The number of aliphatic imine (C=N–C) groups is 1. The maximum Gasteiger partial charge on any atom is 0.216 e. The lowest BCUT2D eigenvalue weighted by Gasteiger charge is -2.35. The zero-order chi connectivity index (χ0) is 20.6. The zero-order valence-corrected chi connectivity index (χ0v) is 21.2. The number of benzene rings is 1. The number of rotatable bonds is 8. The van der Waals surface area contributed by atoms with Crippen LogP contribution in [0.25, 0.3) is 0 Å². The number of guanidine groups is 1. The predicted molar refractivity (Wildman–Crippen MR) is 130 cm³/mol. The average Bonchev–Trinajstić information content (AvgIpc) is 2.65. The minimum Gasteiger partial charge on any atom is -0.378 e. The summed E-state index contributed by atoms with van der Waals surface area (Å²) >= 11 is 6.02. The molecule has 1 aromatic carbocycles. The van der Waals surface area contributed by atoms with Gasteiger partial charge in [0.1, 0.15) is 0 Å². The number of ether oxygens (including phenoxy) is 1. The third kappa shape index (κ3) is 8.95. The Morgan fingerprint density at radius 3 is 2.55 bits per heavy atom. The second-order valence-electron chi connectivity index (χ2n) is 6.98. The molecule has 0 spiro atoms. The second kappa shape index (κ2) is 12.9. The Morgan fingerprint density at radius 2 is 1.97 bits per heavy atom. The number of nitrogens with zero attached hydrogens (tertiary/aromatic N) is 3. The molecule has 0 amide bonds. The van der Waals surface area contributed by atoms with Gasteiger partial charge in [-0.3, -0.25) is 4.99 Å². The molecule has 7 nitrogen and oxygen atoms in total. The number of halogens is 2. The minimum absolute atomic E-state index is 0. The lowest BCUT2D eigenvalue weighted by molar-refractivity contribution is 0.0904. The lowest BCUT2D eigenvalue weighted by Crippen LogP contribution is -2.54. The first kappa shape index (κ1) is 26.4. The molecule has 2 rings (SSSR count). The summed E-state index contributed by atoms with van der Waals surface area (Å²) < 4.78 is 31.8. The second-order valence-corrected chi connectivity index (χ2v) is 9.50. The van der Waals surface area contributed by atoms with Crippen LogP contribution in [0.15, 0.2) is 29.3 Å². The summed E-state index contributed by atoms with van der Waals surface area (Å²) in [5.41, 5.74) is 1.16. The fraction of sp³-hybridized carbons (Fsp3) is 0.632. The smallest absolute Gasteiger partial charge is 0.216 e. The predicted octanol–water partition coefficient (Wildman–Crippen LogP) is 2.45. The van der Waals surface area contributed by atoms with E-state index in [-0.39, 0.29) is 42.4 Å². The van der Waals surface area contributed by atoms with Crippen molar-refractivity contribution < 1.29 is 13.2 Å². The molecule has 10 heteroatoms. The lowest BCUT2D eigenvalue weighted by atomic mass is 10.1. The number of piperazine rings is 1. The van der Waals surface area contributed by atoms with Crippen LogP contribution in [-0.4, -0.2) is 81.8 Å². The van der Waals surface area contributed by atoms with E-state index in [2.05, 4.69) is 15.2 Å². The topological polar surface area (TPSA) is 74.2 Å². The summed E-state index contributed by atoms with van der Waals surface area (Å²) in [6.07, 6.45) is 0.873. The third-order valence-corrected chi connectivity index (χ3v) is 6.59. The quantitative estimate of drug-likeness (QED) is 0.301. The molecule has 1 aliphatic rings. The van der Waals surface area contributed by atoms with Gasteiger partial charge >= 0.3 is 0 Å². The first-order chi connectivity index (χ1) is 13.3. The van der Waals surface area contributed by atoms with Gasteiger partial charge in [-0.2, -0.15) is 4.31 Å². The molecule has 0 unspecified atom stereocenters. The van der Waals surface area contributed by atoms with Crippen LogP contribution in [0.1, 0.15) is 19.4 Å². The average molecular weight is 559 g/mol. The molecule has 1 fully saturated rings. The van der Waals surface area contributed by atoms with E-state index in [9.17, 15) is 8.42 Å². The number of nitrogens with one attached hydrogen (secondary N) is 1. The van der Waals surface area contributed by atoms with E-state index in [1.54, 1.807) is 11.4 Å². The van der Waals surface area contributed by atoms with Gasteiger partial charge in [0.2, 0.25) is 10.0 Å². The van der Waals surface area contributed by atoms with E-state index >= 15 is 0 Å². The van der Waals surface area contributed by atoms with Crippen LogP contribution < -0.4 is 5.32 Å². The minimum atomic E-state index is -3.28. The molecule has 29 heavy (non-hydrogen) atoms. The molecule has 1 N–H and O–H groups in total. The molecule has 1 aliphatic heterocycles. The fourth-order valence-electron chi connectivity index (χ4n) is 3.04. The van der Waals surface area contributed by atoms with Crippen molar-refractivity contribution in [2.24, 2.45) is 4.99 Å². The molecule has 166 valence electrons. The highest BCUT2D eigenvalue weighted by Gasteiger charge is 2.27. The standard InChI is InChI=1S/C19H31ClN4O3S.HI/c1-16(2)27-13-14-28(25,26)24-11-9-23(10-12-24)19(21-3)22-8-7-17-5-4-6-18(20)15-17;/h4-6,15-16H,7-14H2,1-3H3,(H,21,22);1H. The van der Waals surface area contributed by atoms with E-state index in [0.29, 0.717) is 26.2 Å². The van der Waals surface area contributed by atoms with Crippen molar-refractivity contribution in [3.05, 3.63) is 34.9 Å². The number of hydrogen-bond donors (Lipinski definition) is 1. The van der Waals surface area contributed by atoms with Crippen LogP contribution >= 0.6 is 35.6 Å². The number of sulfonamides is 1. The van der Waals surface area contributed by atoms with Crippen LogP contribution in [0, 0.1) is 0 Å². The van der Waals surface area contributed by atoms with Gasteiger partial charge in [0.15, 0.2) is 5.96 Å². The molecule has 1 heterocycles. The van der Waals surface area contributed by atoms with Gasteiger partial charge in [0.05, 0.1) is 18.5 Å². The molecule has 1 saturated heterocycles. The van der Waals surface area contributed by atoms with Gasteiger partial charge in [0, 0.05) is 44.8 Å². The van der Waals surface area contributed by atoms with Crippen LogP contribution in [-0.2, 0) is 21.2 Å². The van der Waals surface area contributed by atoms with Gasteiger partial charge in [-0.1, -0.05) is 23.7 Å². The van der Waals surface area contributed by atoms with Crippen molar-refractivity contribution >= 4 is 51.6 Å². The summed E-state index contributed by atoms with van der Waals surface area (Å²) in [5.74, 6) is 0.819. The van der Waals surface area contributed by atoms with Crippen LogP contribution in [0.2, 0.25) is 5.02 Å². The summed E-state index contributed by atoms with van der Waals surface area (Å²) in [6, 6.07) is 7.81. The molecule has 0 bridgehead atoms. The van der Waals surface area contributed by atoms with Gasteiger partial charge in [0.25, 0.3) is 0 Å². The third-order valence-electron chi connectivity index (χ3n) is 4.52. The molecular weight excluding hydrogens is 527 g/mol. The maximum absolute atomic E-state index is 12.4. The summed E-state index contributed by atoms with van der Waals surface area (Å²) in [7, 11) is -1.54. The fourth-order valence-corrected chi connectivity index (χ4v) is 4.54. The summed E-state index contributed by atoms with van der Waals surface area (Å²) in [6.45, 7) is 6.90. The van der Waals surface area contributed by atoms with E-state index < -0.39 is 10.0 Å². The van der Waals surface area contributed by atoms with Crippen molar-refractivity contribution in [1.29, 1.82) is 0 Å². The van der Waals surface area contributed by atoms with E-state index in [1.807, 2.05) is 38.1 Å². The summed E-state index contributed by atoms with van der Waals surface area (Å²) in [4.78, 5) is 6.43. The van der Waals surface area contributed by atoms with Gasteiger partial charge in [-0.05, 0) is 38.0 Å². The van der Waals surface area contributed by atoms with Crippen molar-refractivity contribution in [1.82, 2.24) is 14.5 Å². The van der Waals surface area contributed by atoms with E-state index in [4.69, 9.17) is 16.3 Å². The van der Waals surface area contributed by atoms with Crippen molar-refractivity contribution in [3.8, 4) is 0 Å². The van der Waals surface area contributed by atoms with Gasteiger partial charge < -0.3 is 15.0 Å². The normalized spacial score (nSPS) is 16.0. The van der Waals surface area contributed by atoms with E-state index in [0.717, 1.165) is 29.5 Å². The van der Waals surface area contributed by atoms with E-state index in [1.165, 1.54) is 0 Å². The Labute approximate surface area is 196 Å². The Kier molecular flexibility index (Phi) is 11.8. The molecule has 0 radical (unpaired) electrons. The molecule has 0 aromatic heterocycles. The largest absolute Gasteiger partial charge is 0.378 e. The highest BCUT2D eigenvalue weighted by atomic mass is 127. The number of hydrogen-bond acceptors (Lipinski definition) is 4. The molecule has 1 aromatic rings. The first-order valence-electron chi connectivity index (χ1n) is 9.61. The molecule has 0 saturated carbocycles. The Balaban J connectivity index is 0.00000420. The van der Waals surface area contributed by atoms with Gasteiger partial charge in [-0.15, -0.1) is 24.0 Å². The Hall–Kier alpha value is -0.620. The van der Waals surface area contributed by atoms with Crippen molar-refractivity contribution in [3.63, 3.8) is 0 Å². The van der Waals surface area contributed by atoms with Crippen molar-refractivity contribution in [2.75, 3.05) is 52.1 Å². The molecule has 0 atom stereocenters. The Bertz CT molecular complexity index is 754. The summed E-state index contributed by atoms with van der Waals surface area (Å²) in [5, 5.41) is 4.09. The SMILES string of the molecule is CN=C(NCCc1cccc(Cl)c1)N1CCN(S(=O)(=O)CCOC(C)C)CC1.I. The first-order valence-corrected chi connectivity index (χ1v) is 11.6. The highest BCUT2D eigenvalue weighted by Crippen LogP contribution is 2.11. The van der Waals surface area contributed by atoms with Crippen LogP contribution in [0.5, 0.6) is 0 Å². The monoisotopic (exact) mass is 558 g/mol. The maximum atomic E-state index is 12.4. The highest BCUT2D eigenvalue weighted by molar-refractivity contribution is 14.0. The van der Waals surface area contributed by atoms with Crippen LogP contribution in [0.3, 0.4) is 0 Å². The zero-order valence-electron chi connectivity index (χ0n) is 17.3. The Morgan fingerprint density at radius 1 is 1.28 bits per heavy atom. The van der Waals surface area contributed by atoms with Crippen molar-refractivity contribution in [2.45, 2.75) is 26.4 Å². The molecular formula is C19H32ClIN4O3S. The molecule has 0 aliphatic carbocycles. The van der Waals surface area contributed by atoms with Gasteiger partial charge in [-0.25, -0.2) is 8.42 Å².